The van der Waals surface area contributed by atoms with Crippen LogP contribution in [0.1, 0.15) is 21.6 Å². The molecular formula is C13H14F3N3OS. The summed E-state index contributed by atoms with van der Waals surface area (Å²) < 4.78 is 40.3. The molecule has 0 saturated carbocycles. The Kier molecular flexibility index (Phi) is 5.27. The SMILES string of the molecule is NC(c1ccccc1)c1nnc(CCOCC(F)(F)F)s1. The molecule has 1 atom stereocenters. The standard InChI is InChI=1S/C13H14F3N3OS/c14-13(15,16)8-20-7-6-10-18-19-12(21-10)11(17)9-4-2-1-3-5-9/h1-5,11H,6-8,17H2. The molecule has 2 rings (SSSR count). The highest BCUT2D eigenvalue weighted by atomic mass is 32.1. The molecule has 1 aromatic heterocycles. The third kappa shape index (κ3) is 5.07. The molecule has 1 heterocycles. The maximum Gasteiger partial charge on any atom is 0.411 e. The number of rotatable bonds is 6. The maximum absolute atomic E-state index is 11.9. The zero-order valence-electron chi connectivity index (χ0n) is 11.0. The smallest absolute Gasteiger partial charge is 0.372 e. The van der Waals surface area contributed by atoms with Gasteiger partial charge in [-0.1, -0.05) is 41.7 Å². The minimum absolute atomic E-state index is 0.0469. The van der Waals surface area contributed by atoms with Gasteiger partial charge in [-0.2, -0.15) is 13.2 Å². The molecule has 0 spiro atoms. The third-order valence-electron chi connectivity index (χ3n) is 2.63. The van der Waals surface area contributed by atoms with Crippen LogP contribution in [0, 0.1) is 0 Å². The van der Waals surface area contributed by atoms with Gasteiger partial charge in [0.15, 0.2) is 0 Å². The van der Waals surface area contributed by atoms with Gasteiger partial charge in [0.1, 0.15) is 16.6 Å². The minimum Gasteiger partial charge on any atom is -0.372 e. The van der Waals surface area contributed by atoms with Gasteiger partial charge < -0.3 is 10.5 Å². The molecule has 114 valence electrons. The van der Waals surface area contributed by atoms with Crippen molar-refractivity contribution >= 4 is 11.3 Å². The predicted molar refractivity (Wildman–Crippen MR) is 73.0 cm³/mol. The van der Waals surface area contributed by atoms with E-state index < -0.39 is 12.8 Å². The second-order valence-electron chi connectivity index (χ2n) is 4.34. The van der Waals surface area contributed by atoms with E-state index in [0.29, 0.717) is 10.0 Å². The molecule has 0 amide bonds. The summed E-state index contributed by atoms with van der Waals surface area (Å²) in [4.78, 5) is 0. The molecule has 8 heteroatoms. The van der Waals surface area contributed by atoms with Gasteiger partial charge >= 0.3 is 6.18 Å². The van der Waals surface area contributed by atoms with Crippen LogP contribution in [-0.4, -0.2) is 29.6 Å². The van der Waals surface area contributed by atoms with Gasteiger partial charge in [0, 0.05) is 6.42 Å². The van der Waals surface area contributed by atoms with Gasteiger partial charge in [0.05, 0.1) is 12.6 Å². The Morgan fingerprint density at radius 1 is 1.19 bits per heavy atom. The largest absolute Gasteiger partial charge is 0.411 e. The van der Waals surface area contributed by atoms with Gasteiger partial charge in [-0.25, -0.2) is 0 Å². The third-order valence-corrected chi connectivity index (χ3v) is 3.70. The fourth-order valence-electron chi connectivity index (χ4n) is 1.64. The molecule has 4 nitrogen and oxygen atoms in total. The first-order chi connectivity index (χ1) is 9.96. The molecule has 0 bridgehead atoms. The second kappa shape index (κ2) is 6.97. The van der Waals surface area contributed by atoms with Crippen molar-refractivity contribution in [1.82, 2.24) is 10.2 Å². The van der Waals surface area contributed by atoms with Gasteiger partial charge in [-0.15, -0.1) is 10.2 Å². The lowest BCUT2D eigenvalue weighted by Gasteiger charge is -2.07. The zero-order chi connectivity index (χ0) is 15.3. The van der Waals surface area contributed by atoms with Crippen molar-refractivity contribution in [3.8, 4) is 0 Å². The Bertz CT molecular complexity index is 559. The Morgan fingerprint density at radius 3 is 2.57 bits per heavy atom. The van der Waals surface area contributed by atoms with Gasteiger partial charge in [-0.3, -0.25) is 0 Å². The van der Waals surface area contributed by atoms with Gasteiger partial charge in [-0.05, 0) is 5.56 Å². The van der Waals surface area contributed by atoms with Crippen molar-refractivity contribution in [1.29, 1.82) is 0 Å². The van der Waals surface area contributed by atoms with Crippen LogP contribution in [0.4, 0.5) is 13.2 Å². The molecule has 0 fully saturated rings. The van der Waals surface area contributed by atoms with Gasteiger partial charge in [0.2, 0.25) is 0 Å². The summed E-state index contributed by atoms with van der Waals surface area (Å²) in [6, 6.07) is 9.04. The lowest BCUT2D eigenvalue weighted by atomic mass is 10.1. The van der Waals surface area contributed by atoms with Crippen LogP contribution in [0.15, 0.2) is 30.3 Å². The highest BCUT2D eigenvalue weighted by Crippen LogP contribution is 2.23. The summed E-state index contributed by atoms with van der Waals surface area (Å²) in [5.41, 5.74) is 6.98. The van der Waals surface area contributed by atoms with Crippen molar-refractivity contribution < 1.29 is 17.9 Å². The molecular weight excluding hydrogens is 303 g/mol. The number of aromatic nitrogens is 2. The number of hydrogen-bond donors (Lipinski definition) is 1. The van der Waals surface area contributed by atoms with E-state index in [4.69, 9.17) is 5.73 Å². The van der Waals surface area contributed by atoms with Crippen LogP contribution in [0.25, 0.3) is 0 Å². The molecule has 0 aliphatic rings. The normalized spacial score (nSPS) is 13.3. The van der Waals surface area contributed by atoms with Crippen LogP contribution in [0.2, 0.25) is 0 Å². The first-order valence-corrected chi connectivity index (χ1v) is 7.04. The minimum atomic E-state index is -4.30. The molecule has 21 heavy (non-hydrogen) atoms. The highest BCUT2D eigenvalue weighted by molar-refractivity contribution is 7.11. The van der Waals surface area contributed by atoms with E-state index in [1.54, 1.807) is 0 Å². The van der Waals surface area contributed by atoms with E-state index in [2.05, 4.69) is 14.9 Å². The molecule has 0 aliphatic carbocycles. The van der Waals surface area contributed by atoms with E-state index in [1.165, 1.54) is 11.3 Å². The lowest BCUT2D eigenvalue weighted by Crippen LogP contribution is -2.17. The molecule has 1 aromatic carbocycles. The molecule has 2 aromatic rings. The van der Waals surface area contributed by atoms with E-state index in [-0.39, 0.29) is 19.1 Å². The Balaban J connectivity index is 1.87. The average Bonchev–Trinajstić information content (AvgIpc) is 2.91. The second-order valence-corrected chi connectivity index (χ2v) is 5.43. The Hall–Kier alpha value is -1.51. The fraction of sp³-hybridized carbons (Fsp3) is 0.385. The summed E-state index contributed by atoms with van der Waals surface area (Å²) in [5, 5.41) is 9.15. The first-order valence-electron chi connectivity index (χ1n) is 6.23. The number of alkyl halides is 3. The molecule has 2 N–H and O–H groups in total. The summed E-state index contributed by atoms with van der Waals surface area (Å²) in [5.74, 6) is 0. The fourth-order valence-corrected chi connectivity index (χ4v) is 2.50. The topological polar surface area (TPSA) is 61.0 Å². The number of halogens is 3. The molecule has 0 saturated heterocycles. The quantitative estimate of drug-likeness (QED) is 0.832. The number of nitrogens with two attached hydrogens (primary N) is 1. The van der Waals surface area contributed by atoms with Gasteiger partial charge in [0.25, 0.3) is 0 Å². The average molecular weight is 317 g/mol. The summed E-state index contributed by atoms with van der Waals surface area (Å²) >= 11 is 1.29. The number of ether oxygens (including phenoxy) is 1. The van der Waals surface area contributed by atoms with Crippen LogP contribution in [0.5, 0.6) is 0 Å². The number of nitrogens with zero attached hydrogens (tertiary/aromatic N) is 2. The summed E-state index contributed by atoms with van der Waals surface area (Å²) in [6.07, 6.45) is -4.02. The zero-order valence-corrected chi connectivity index (χ0v) is 11.8. The monoisotopic (exact) mass is 317 g/mol. The summed E-state index contributed by atoms with van der Waals surface area (Å²) in [6.45, 7) is -1.29. The molecule has 0 radical (unpaired) electrons. The van der Waals surface area contributed by atoms with Crippen LogP contribution in [-0.2, 0) is 11.2 Å². The van der Waals surface area contributed by atoms with Crippen molar-refractivity contribution in [2.45, 2.75) is 18.6 Å². The number of benzene rings is 1. The van der Waals surface area contributed by atoms with Crippen LogP contribution in [0.3, 0.4) is 0 Å². The number of hydrogen-bond acceptors (Lipinski definition) is 5. The van der Waals surface area contributed by atoms with E-state index in [9.17, 15) is 13.2 Å². The van der Waals surface area contributed by atoms with Crippen molar-refractivity contribution in [3.63, 3.8) is 0 Å². The van der Waals surface area contributed by atoms with E-state index in [1.807, 2.05) is 30.3 Å². The van der Waals surface area contributed by atoms with E-state index >= 15 is 0 Å². The van der Waals surface area contributed by atoms with Crippen molar-refractivity contribution in [2.75, 3.05) is 13.2 Å². The van der Waals surface area contributed by atoms with Crippen LogP contribution < -0.4 is 5.73 Å². The molecule has 1 unspecified atom stereocenters. The summed E-state index contributed by atoms with van der Waals surface area (Å²) in [7, 11) is 0. The Labute approximate surface area is 123 Å². The lowest BCUT2D eigenvalue weighted by molar-refractivity contribution is -0.173. The maximum atomic E-state index is 11.9. The molecule has 0 aliphatic heterocycles. The predicted octanol–water partition coefficient (Wildman–Crippen LogP) is 2.71. The van der Waals surface area contributed by atoms with E-state index in [0.717, 1.165) is 5.56 Å². The highest BCUT2D eigenvalue weighted by Gasteiger charge is 2.27. The van der Waals surface area contributed by atoms with Crippen molar-refractivity contribution in [2.24, 2.45) is 5.73 Å². The van der Waals surface area contributed by atoms with Crippen molar-refractivity contribution in [3.05, 3.63) is 45.9 Å². The van der Waals surface area contributed by atoms with Crippen LogP contribution >= 0.6 is 11.3 Å². The first kappa shape index (κ1) is 15.9. The Morgan fingerprint density at radius 2 is 1.90 bits per heavy atom.